The third-order valence-corrected chi connectivity index (χ3v) is 5.56. The minimum atomic E-state index is -0.291. The van der Waals surface area contributed by atoms with Gasteiger partial charge in [-0.1, -0.05) is 43.0 Å². The minimum absolute atomic E-state index is 0.291. The van der Waals surface area contributed by atoms with Crippen LogP contribution in [0.2, 0.25) is 0 Å². The second kappa shape index (κ2) is 18.6. The van der Waals surface area contributed by atoms with Crippen LogP contribution in [0.25, 0.3) is 0 Å². The molecule has 2 heterocycles. The first-order valence-corrected chi connectivity index (χ1v) is 12.2. The fraction of sp³-hybridized carbons (Fsp3) is 0.379. The second-order valence-electron chi connectivity index (χ2n) is 8.13. The number of aromatic nitrogens is 1. The lowest BCUT2D eigenvalue weighted by Crippen LogP contribution is -2.46. The van der Waals surface area contributed by atoms with Crippen molar-refractivity contribution in [3.63, 3.8) is 0 Å². The van der Waals surface area contributed by atoms with Crippen molar-refractivity contribution in [1.82, 2.24) is 14.8 Å². The summed E-state index contributed by atoms with van der Waals surface area (Å²) in [6.45, 7) is 15.8. The van der Waals surface area contributed by atoms with E-state index in [0.29, 0.717) is 5.56 Å². The molecule has 0 amide bonds. The number of carbonyl (C=O) groups is 1. The topological polar surface area (TPSA) is 94.1 Å². The standard InChI is InChI=1S/C18H27N3O2.C8H8O2.C3H7N/c1-5-6-15(2)17(16(3)22-4)13-20-8-10-21(11-9-20)14-18-19-7-12-23-18;1-10-8(9)7-5-3-2-4-6-7;1-2-3-4/h5-7,12H,2,8-11,13-14H2,1,3-4H3;2-6H,1H3;2-3H,4H2,1H3/b6-5-,17-16+;;3-2-. The summed E-state index contributed by atoms with van der Waals surface area (Å²) < 4.78 is 15.3. The van der Waals surface area contributed by atoms with Gasteiger partial charge >= 0.3 is 5.97 Å². The van der Waals surface area contributed by atoms with Crippen molar-refractivity contribution in [3.05, 3.63) is 102 Å². The van der Waals surface area contributed by atoms with E-state index in [9.17, 15) is 4.79 Å². The number of carbonyl (C=O) groups excluding carboxylic acids is 1. The fourth-order valence-corrected chi connectivity index (χ4v) is 3.41. The van der Waals surface area contributed by atoms with Crippen LogP contribution >= 0.6 is 0 Å². The highest BCUT2D eigenvalue weighted by atomic mass is 16.5. The molecule has 8 nitrogen and oxygen atoms in total. The molecular weight excluding hydrogens is 468 g/mol. The molecule has 1 aliphatic rings. The lowest BCUT2D eigenvalue weighted by molar-refractivity contribution is 0.0600. The number of ether oxygens (including phenoxy) is 2. The number of piperazine rings is 1. The Morgan fingerprint density at radius 2 is 1.70 bits per heavy atom. The van der Waals surface area contributed by atoms with Gasteiger partial charge in [0.1, 0.15) is 6.26 Å². The number of allylic oxidation sites excluding steroid dienone is 4. The van der Waals surface area contributed by atoms with E-state index in [1.165, 1.54) is 18.9 Å². The van der Waals surface area contributed by atoms with E-state index in [4.69, 9.17) is 14.9 Å². The largest absolute Gasteiger partial charge is 0.501 e. The van der Waals surface area contributed by atoms with Gasteiger partial charge in [-0.25, -0.2) is 9.78 Å². The molecular formula is C29H42N4O4. The van der Waals surface area contributed by atoms with Crippen molar-refractivity contribution in [3.8, 4) is 0 Å². The summed E-state index contributed by atoms with van der Waals surface area (Å²) in [6, 6.07) is 8.88. The Labute approximate surface area is 221 Å². The van der Waals surface area contributed by atoms with Crippen LogP contribution in [0, 0.1) is 0 Å². The summed E-state index contributed by atoms with van der Waals surface area (Å²) in [5.41, 5.74) is 7.63. The number of nitrogens with two attached hydrogens (primary N) is 1. The lowest BCUT2D eigenvalue weighted by Gasteiger charge is -2.34. The van der Waals surface area contributed by atoms with Crippen LogP contribution in [-0.4, -0.2) is 67.7 Å². The van der Waals surface area contributed by atoms with Crippen molar-refractivity contribution in [1.29, 1.82) is 0 Å². The maximum Gasteiger partial charge on any atom is 0.337 e. The average molecular weight is 511 g/mol. The van der Waals surface area contributed by atoms with Crippen molar-refractivity contribution in [2.24, 2.45) is 5.73 Å². The molecule has 37 heavy (non-hydrogen) atoms. The number of esters is 1. The molecule has 1 aromatic carbocycles. The van der Waals surface area contributed by atoms with Crippen LogP contribution in [-0.2, 0) is 16.0 Å². The Bertz CT molecular complexity index is 986. The van der Waals surface area contributed by atoms with Gasteiger partial charge in [-0.3, -0.25) is 9.80 Å². The molecule has 0 atom stereocenters. The van der Waals surface area contributed by atoms with Gasteiger partial charge in [0.15, 0.2) is 0 Å². The molecule has 0 saturated carbocycles. The zero-order valence-corrected chi connectivity index (χ0v) is 22.9. The summed E-state index contributed by atoms with van der Waals surface area (Å²) in [7, 11) is 3.09. The fourth-order valence-electron chi connectivity index (χ4n) is 3.41. The van der Waals surface area contributed by atoms with Crippen molar-refractivity contribution >= 4 is 5.97 Å². The molecule has 202 valence electrons. The van der Waals surface area contributed by atoms with Gasteiger partial charge in [0.2, 0.25) is 5.89 Å². The van der Waals surface area contributed by atoms with E-state index in [-0.39, 0.29) is 5.97 Å². The average Bonchev–Trinajstić information content (AvgIpc) is 3.46. The van der Waals surface area contributed by atoms with E-state index < -0.39 is 0 Å². The predicted molar refractivity (Wildman–Crippen MR) is 149 cm³/mol. The van der Waals surface area contributed by atoms with Gasteiger partial charge in [-0.05, 0) is 44.7 Å². The molecule has 0 unspecified atom stereocenters. The summed E-state index contributed by atoms with van der Waals surface area (Å²) in [4.78, 5) is 19.8. The van der Waals surface area contributed by atoms with E-state index in [0.717, 1.165) is 56.5 Å². The molecule has 2 aromatic rings. The highest BCUT2D eigenvalue weighted by Gasteiger charge is 2.20. The third kappa shape index (κ3) is 12.3. The molecule has 0 spiro atoms. The summed E-state index contributed by atoms with van der Waals surface area (Å²) in [5, 5.41) is 0. The molecule has 0 aliphatic carbocycles. The number of oxazole rings is 1. The maximum atomic E-state index is 10.8. The van der Waals surface area contributed by atoms with Crippen molar-refractivity contribution < 1.29 is 18.7 Å². The normalized spacial score (nSPS) is 14.7. The molecule has 1 saturated heterocycles. The maximum absolute atomic E-state index is 10.8. The SMILES string of the molecule is C/C=C\N.C=C(/C=C\C)/C(CN1CCN(Cc2ncco2)CC1)=C(\C)OC.COC(=O)c1ccccc1. The number of nitrogens with zero attached hydrogens (tertiary/aromatic N) is 3. The van der Waals surface area contributed by atoms with E-state index in [1.54, 1.807) is 49.9 Å². The van der Waals surface area contributed by atoms with Gasteiger partial charge in [0.05, 0.1) is 38.3 Å². The van der Waals surface area contributed by atoms with E-state index in [2.05, 4.69) is 26.1 Å². The molecule has 0 radical (unpaired) electrons. The smallest absolute Gasteiger partial charge is 0.337 e. The minimum Gasteiger partial charge on any atom is -0.501 e. The Morgan fingerprint density at radius 3 is 2.19 bits per heavy atom. The number of hydrogen-bond acceptors (Lipinski definition) is 8. The van der Waals surface area contributed by atoms with Crippen molar-refractivity contribution in [2.45, 2.75) is 27.3 Å². The Kier molecular flexibility index (Phi) is 15.8. The van der Waals surface area contributed by atoms with Crippen LogP contribution < -0.4 is 5.73 Å². The second-order valence-corrected chi connectivity index (χ2v) is 8.13. The summed E-state index contributed by atoms with van der Waals surface area (Å²) >= 11 is 0. The number of hydrogen-bond donors (Lipinski definition) is 1. The molecule has 1 fully saturated rings. The van der Waals surface area contributed by atoms with Gasteiger partial charge in [0.25, 0.3) is 0 Å². The molecule has 8 heteroatoms. The monoisotopic (exact) mass is 510 g/mol. The predicted octanol–water partition coefficient (Wildman–Crippen LogP) is 4.80. The zero-order chi connectivity index (χ0) is 27.5. The quantitative estimate of drug-likeness (QED) is 0.308. The van der Waals surface area contributed by atoms with Gasteiger partial charge in [-0.2, -0.15) is 0 Å². The number of rotatable bonds is 8. The molecule has 2 N–H and O–H groups in total. The van der Waals surface area contributed by atoms with Gasteiger partial charge < -0.3 is 19.6 Å². The van der Waals surface area contributed by atoms with Crippen LogP contribution in [0.1, 0.15) is 37.0 Å². The molecule has 1 aliphatic heterocycles. The first-order valence-electron chi connectivity index (χ1n) is 12.2. The molecule has 0 bridgehead atoms. The highest BCUT2D eigenvalue weighted by Crippen LogP contribution is 2.18. The van der Waals surface area contributed by atoms with Crippen LogP contribution in [0.4, 0.5) is 0 Å². The van der Waals surface area contributed by atoms with Gasteiger partial charge in [-0.15, -0.1) is 0 Å². The van der Waals surface area contributed by atoms with Crippen LogP contribution in [0.5, 0.6) is 0 Å². The molecule has 3 rings (SSSR count). The lowest BCUT2D eigenvalue weighted by atomic mass is 10.0. The Balaban J connectivity index is 0.000000402. The highest BCUT2D eigenvalue weighted by molar-refractivity contribution is 5.89. The Hall–Kier alpha value is -3.62. The number of methoxy groups -OCH3 is 2. The first-order chi connectivity index (χ1) is 17.9. The summed E-state index contributed by atoms with van der Waals surface area (Å²) in [6.07, 6.45) is 10.7. The van der Waals surface area contributed by atoms with Gasteiger partial charge in [0, 0.05) is 38.3 Å². The van der Waals surface area contributed by atoms with Crippen LogP contribution in [0.15, 0.2) is 95.1 Å². The summed E-state index contributed by atoms with van der Waals surface area (Å²) in [5.74, 6) is 1.44. The zero-order valence-electron chi connectivity index (χ0n) is 22.9. The third-order valence-electron chi connectivity index (χ3n) is 5.56. The van der Waals surface area contributed by atoms with E-state index >= 15 is 0 Å². The van der Waals surface area contributed by atoms with Crippen molar-refractivity contribution in [2.75, 3.05) is 46.9 Å². The molecule has 1 aromatic heterocycles. The van der Waals surface area contributed by atoms with E-state index in [1.807, 2.05) is 39.0 Å². The number of benzene rings is 1. The van der Waals surface area contributed by atoms with Crippen LogP contribution in [0.3, 0.4) is 0 Å². The Morgan fingerprint density at radius 1 is 1.08 bits per heavy atom. The first kappa shape index (κ1) is 31.4.